The molecule has 2 aromatic rings. The first-order valence-corrected chi connectivity index (χ1v) is 15.6. The average molecular weight is 499 g/mol. The molecule has 4 nitrogen and oxygen atoms in total. The lowest BCUT2D eigenvalue weighted by Gasteiger charge is -2.44. The van der Waals surface area contributed by atoms with Crippen molar-refractivity contribution in [3.63, 3.8) is 0 Å². The Morgan fingerprint density at radius 1 is 1.12 bits per heavy atom. The van der Waals surface area contributed by atoms with Crippen LogP contribution in [-0.4, -0.2) is 38.4 Å². The van der Waals surface area contributed by atoms with Gasteiger partial charge in [0.05, 0.1) is 19.3 Å². The Hall–Kier alpha value is -1.70. The Balaban J connectivity index is 1.73. The van der Waals surface area contributed by atoms with Crippen molar-refractivity contribution in [3.8, 4) is 0 Å². The molecule has 1 heterocycles. The molecule has 0 spiro atoms. The summed E-state index contributed by atoms with van der Waals surface area (Å²) in [5, 5.41) is -0.00471. The summed E-state index contributed by atoms with van der Waals surface area (Å²) in [5.74, 6) is 0. The van der Waals surface area contributed by atoms with Gasteiger partial charge in [-0.1, -0.05) is 75.4 Å². The SMILES string of the molecule is C=C1C[C@H](O[Si](C)(C)C(C)(C)C)[C@@H](C(=O)Sc2ccc(C)cc2)O[C@H]1COCc1ccccc1. The summed E-state index contributed by atoms with van der Waals surface area (Å²) in [4.78, 5) is 14.4. The molecule has 3 atom stereocenters. The number of carbonyl (C=O) groups is 1. The van der Waals surface area contributed by atoms with Crippen LogP contribution in [-0.2, 0) is 25.3 Å². The average Bonchev–Trinajstić information content (AvgIpc) is 2.76. The van der Waals surface area contributed by atoms with E-state index in [-0.39, 0.29) is 22.4 Å². The van der Waals surface area contributed by atoms with Crippen LogP contribution in [0, 0.1) is 6.92 Å². The van der Waals surface area contributed by atoms with Gasteiger partial charge in [0.2, 0.25) is 5.12 Å². The maximum absolute atomic E-state index is 13.4. The first kappa shape index (κ1) is 26.9. The quantitative estimate of drug-likeness (QED) is 0.224. The highest BCUT2D eigenvalue weighted by molar-refractivity contribution is 8.13. The summed E-state index contributed by atoms with van der Waals surface area (Å²) in [7, 11) is -2.11. The highest BCUT2D eigenvalue weighted by Crippen LogP contribution is 2.41. The molecule has 0 bridgehead atoms. The molecule has 184 valence electrons. The fraction of sp³-hybridized carbons (Fsp3) is 0.464. The minimum atomic E-state index is -2.11. The third-order valence-electron chi connectivity index (χ3n) is 6.67. The molecule has 2 aromatic carbocycles. The lowest BCUT2D eigenvalue weighted by Crippen LogP contribution is -2.53. The molecule has 0 saturated carbocycles. The molecule has 6 heteroatoms. The molecular formula is C28H38O4SSi. The second-order valence-corrected chi connectivity index (χ2v) is 16.4. The van der Waals surface area contributed by atoms with Gasteiger partial charge in [-0.05, 0) is 66.5 Å². The van der Waals surface area contributed by atoms with Crippen molar-refractivity contribution in [1.29, 1.82) is 0 Å². The molecule has 1 aliphatic rings. The standard InChI is InChI=1S/C28H38O4SSi/c1-20-13-15-23(16-14-20)33-27(29)26-24(32-34(6,7)28(3,4)5)17-21(2)25(31-26)19-30-18-22-11-9-8-10-12-22/h8-16,24-26H,2,17-19H2,1,3-7H3/t24-,25-,26-/m0/s1. The fourth-order valence-electron chi connectivity index (χ4n) is 3.52. The van der Waals surface area contributed by atoms with Gasteiger partial charge in [-0.3, -0.25) is 4.79 Å². The maximum atomic E-state index is 13.4. The summed E-state index contributed by atoms with van der Waals surface area (Å²) in [6.07, 6.45) is -0.757. The highest BCUT2D eigenvalue weighted by Gasteiger charge is 2.45. The van der Waals surface area contributed by atoms with Gasteiger partial charge in [0.15, 0.2) is 14.4 Å². The van der Waals surface area contributed by atoms with Crippen molar-refractivity contribution in [2.75, 3.05) is 6.61 Å². The van der Waals surface area contributed by atoms with E-state index in [1.807, 2.05) is 61.5 Å². The van der Waals surface area contributed by atoms with E-state index in [9.17, 15) is 4.79 Å². The van der Waals surface area contributed by atoms with Gasteiger partial charge in [0.1, 0.15) is 6.10 Å². The molecule has 1 aliphatic heterocycles. The Morgan fingerprint density at radius 2 is 1.76 bits per heavy atom. The van der Waals surface area contributed by atoms with Crippen LogP contribution in [0.5, 0.6) is 0 Å². The Labute approximate surface area is 210 Å². The minimum absolute atomic E-state index is 0.0294. The molecule has 0 aromatic heterocycles. The molecule has 0 amide bonds. The van der Waals surface area contributed by atoms with E-state index in [0.717, 1.165) is 21.6 Å². The minimum Gasteiger partial charge on any atom is -0.410 e. The number of thioether (sulfide) groups is 1. The molecule has 3 rings (SSSR count). The third kappa shape index (κ3) is 7.15. The van der Waals surface area contributed by atoms with Crippen LogP contribution in [0.2, 0.25) is 18.1 Å². The fourth-order valence-corrected chi connectivity index (χ4v) is 5.66. The first-order valence-electron chi connectivity index (χ1n) is 11.9. The van der Waals surface area contributed by atoms with Crippen molar-refractivity contribution in [2.45, 2.75) is 82.1 Å². The second kappa shape index (κ2) is 11.4. The van der Waals surface area contributed by atoms with Gasteiger partial charge in [-0.2, -0.15) is 0 Å². The number of rotatable bonds is 8. The molecule has 1 saturated heterocycles. The van der Waals surface area contributed by atoms with Crippen molar-refractivity contribution >= 4 is 25.2 Å². The summed E-state index contributed by atoms with van der Waals surface area (Å²) >= 11 is 1.22. The number of aryl methyl sites for hydroxylation is 1. The van der Waals surface area contributed by atoms with Gasteiger partial charge in [0.25, 0.3) is 0 Å². The van der Waals surface area contributed by atoms with E-state index in [1.54, 1.807) is 0 Å². The van der Waals surface area contributed by atoms with E-state index < -0.39 is 14.4 Å². The van der Waals surface area contributed by atoms with Crippen LogP contribution >= 0.6 is 11.8 Å². The molecule has 0 unspecified atom stereocenters. The van der Waals surface area contributed by atoms with Crippen LogP contribution in [0.15, 0.2) is 71.6 Å². The zero-order chi connectivity index (χ0) is 24.9. The largest absolute Gasteiger partial charge is 0.410 e. The van der Waals surface area contributed by atoms with Crippen LogP contribution in [0.4, 0.5) is 0 Å². The Morgan fingerprint density at radius 3 is 2.38 bits per heavy atom. The Bertz CT molecular complexity index is 966. The van der Waals surface area contributed by atoms with E-state index >= 15 is 0 Å². The van der Waals surface area contributed by atoms with Crippen molar-refractivity contribution in [2.24, 2.45) is 0 Å². The molecule has 34 heavy (non-hydrogen) atoms. The summed E-state index contributed by atoms with van der Waals surface area (Å²) in [6, 6.07) is 18.0. The number of benzene rings is 2. The normalized spacial score (nSPS) is 21.5. The summed E-state index contributed by atoms with van der Waals surface area (Å²) in [5.41, 5.74) is 3.18. The lowest BCUT2D eigenvalue weighted by atomic mass is 9.97. The number of carbonyl (C=O) groups excluding carboxylic acids is 1. The third-order valence-corrected chi connectivity index (χ3v) is 12.1. The van der Waals surface area contributed by atoms with Crippen molar-refractivity contribution < 1.29 is 18.7 Å². The van der Waals surface area contributed by atoms with Gasteiger partial charge < -0.3 is 13.9 Å². The van der Waals surface area contributed by atoms with Gasteiger partial charge in [-0.25, -0.2) is 0 Å². The Kier molecular flexibility index (Phi) is 8.98. The van der Waals surface area contributed by atoms with Crippen molar-refractivity contribution in [3.05, 3.63) is 77.9 Å². The van der Waals surface area contributed by atoms with E-state index in [2.05, 4.69) is 40.4 Å². The van der Waals surface area contributed by atoms with Crippen LogP contribution in [0.1, 0.15) is 38.3 Å². The first-order chi connectivity index (χ1) is 16.0. The highest BCUT2D eigenvalue weighted by atomic mass is 32.2. The molecule has 1 fully saturated rings. The van der Waals surface area contributed by atoms with Crippen LogP contribution in [0.25, 0.3) is 0 Å². The zero-order valence-corrected chi connectivity index (χ0v) is 23.1. The topological polar surface area (TPSA) is 44.8 Å². The maximum Gasteiger partial charge on any atom is 0.225 e. The summed E-state index contributed by atoms with van der Waals surface area (Å²) in [6.45, 7) is 18.2. The lowest BCUT2D eigenvalue weighted by molar-refractivity contribution is -0.142. The van der Waals surface area contributed by atoms with E-state index in [1.165, 1.54) is 11.8 Å². The molecular weight excluding hydrogens is 460 g/mol. The van der Waals surface area contributed by atoms with E-state index in [4.69, 9.17) is 13.9 Å². The number of ether oxygens (including phenoxy) is 2. The van der Waals surface area contributed by atoms with Gasteiger partial charge >= 0.3 is 0 Å². The zero-order valence-electron chi connectivity index (χ0n) is 21.3. The predicted molar refractivity (Wildman–Crippen MR) is 143 cm³/mol. The monoisotopic (exact) mass is 498 g/mol. The second-order valence-electron chi connectivity index (χ2n) is 10.6. The van der Waals surface area contributed by atoms with E-state index in [0.29, 0.717) is 19.6 Å². The van der Waals surface area contributed by atoms with Gasteiger partial charge in [0, 0.05) is 4.90 Å². The van der Waals surface area contributed by atoms with Crippen LogP contribution in [0.3, 0.4) is 0 Å². The molecule has 0 aliphatic carbocycles. The van der Waals surface area contributed by atoms with Gasteiger partial charge in [-0.15, -0.1) is 0 Å². The van der Waals surface area contributed by atoms with Crippen LogP contribution < -0.4 is 0 Å². The number of hydrogen-bond donors (Lipinski definition) is 0. The smallest absolute Gasteiger partial charge is 0.225 e. The summed E-state index contributed by atoms with van der Waals surface area (Å²) < 4.78 is 19.0. The predicted octanol–water partition coefficient (Wildman–Crippen LogP) is 6.93. The molecule has 0 radical (unpaired) electrons. The number of hydrogen-bond acceptors (Lipinski definition) is 5. The van der Waals surface area contributed by atoms with Crippen molar-refractivity contribution in [1.82, 2.24) is 0 Å². The molecule has 0 N–H and O–H groups in total.